The molecule has 58 valence electrons. The smallest absolute Gasteiger partial charge is 0.143 e. The highest BCUT2D eigenvalue weighted by Crippen LogP contribution is 2.28. The van der Waals surface area contributed by atoms with Gasteiger partial charge in [-0.1, -0.05) is 0 Å². The maximum absolute atomic E-state index is 9.42. The number of ether oxygens (including phenoxy) is 1. The molecule has 0 radical (unpaired) electrons. The monoisotopic (exact) mass is 151 g/mol. The molecule has 2 rings (SSSR count). The quantitative estimate of drug-likeness (QED) is 0.599. The summed E-state index contributed by atoms with van der Waals surface area (Å²) in [5, 5.41) is 9.42. The van der Waals surface area contributed by atoms with Crippen LogP contribution >= 0.6 is 0 Å². The van der Waals surface area contributed by atoms with Crippen molar-refractivity contribution in [1.29, 1.82) is 0 Å². The van der Waals surface area contributed by atoms with Crippen LogP contribution in [0.1, 0.15) is 18.2 Å². The molecular weight excluding hydrogens is 142 g/mol. The van der Waals surface area contributed by atoms with Gasteiger partial charge in [0.15, 0.2) is 0 Å². The summed E-state index contributed by atoms with van der Waals surface area (Å²) >= 11 is 0. The lowest BCUT2D eigenvalue weighted by atomic mass is 10.1. The van der Waals surface area contributed by atoms with Crippen molar-refractivity contribution in [3.8, 4) is 5.75 Å². The van der Waals surface area contributed by atoms with Crippen molar-refractivity contribution in [2.45, 2.75) is 12.5 Å². The molecule has 11 heavy (non-hydrogen) atoms. The molecule has 1 aromatic rings. The van der Waals surface area contributed by atoms with Gasteiger partial charge in [-0.2, -0.15) is 0 Å². The first-order valence-electron chi connectivity index (χ1n) is 3.64. The Labute approximate surface area is 64.6 Å². The highest BCUT2D eigenvalue weighted by molar-refractivity contribution is 5.29. The van der Waals surface area contributed by atoms with E-state index in [-0.39, 0.29) is 0 Å². The zero-order valence-electron chi connectivity index (χ0n) is 6.03. The van der Waals surface area contributed by atoms with Crippen LogP contribution < -0.4 is 4.74 Å². The Morgan fingerprint density at radius 3 is 3.36 bits per heavy atom. The van der Waals surface area contributed by atoms with E-state index in [4.69, 9.17) is 4.74 Å². The standard InChI is InChI=1S/C8H9NO2/c10-6-3-5-11-7-2-1-4-9-8(6)7/h1-2,4,6,10H,3,5H2/t6-/m0/s1. The average Bonchev–Trinajstić information content (AvgIpc) is 2.06. The minimum Gasteiger partial charge on any atom is -0.491 e. The molecule has 0 unspecified atom stereocenters. The topological polar surface area (TPSA) is 42.4 Å². The highest BCUT2D eigenvalue weighted by Gasteiger charge is 2.19. The van der Waals surface area contributed by atoms with Gasteiger partial charge in [0.25, 0.3) is 0 Å². The molecule has 0 aromatic carbocycles. The van der Waals surface area contributed by atoms with Crippen molar-refractivity contribution in [2.24, 2.45) is 0 Å². The minimum atomic E-state index is -0.444. The molecule has 0 aliphatic carbocycles. The van der Waals surface area contributed by atoms with Crippen molar-refractivity contribution in [3.63, 3.8) is 0 Å². The van der Waals surface area contributed by atoms with E-state index in [1.54, 1.807) is 12.3 Å². The van der Waals surface area contributed by atoms with Gasteiger partial charge in [-0.05, 0) is 12.1 Å². The summed E-state index contributed by atoms with van der Waals surface area (Å²) in [6, 6.07) is 3.63. The zero-order valence-corrected chi connectivity index (χ0v) is 6.03. The molecule has 3 heteroatoms. The summed E-state index contributed by atoms with van der Waals surface area (Å²) in [5.74, 6) is 0.714. The Hall–Kier alpha value is -1.09. The Morgan fingerprint density at radius 1 is 1.64 bits per heavy atom. The number of nitrogens with zero attached hydrogens (tertiary/aromatic N) is 1. The Morgan fingerprint density at radius 2 is 2.55 bits per heavy atom. The van der Waals surface area contributed by atoms with Crippen LogP contribution in [0.5, 0.6) is 5.75 Å². The third kappa shape index (κ3) is 1.07. The van der Waals surface area contributed by atoms with Gasteiger partial charge in [-0.25, -0.2) is 0 Å². The number of aliphatic hydroxyl groups excluding tert-OH is 1. The predicted octanol–water partition coefficient (Wildman–Crippen LogP) is 0.897. The number of rotatable bonds is 0. The fourth-order valence-corrected chi connectivity index (χ4v) is 1.19. The number of fused-ring (bicyclic) bond motifs is 1. The van der Waals surface area contributed by atoms with Crippen LogP contribution in [0.4, 0.5) is 0 Å². The van der Waals surface area contributed by atoms with Gasteiger partial charge in [-0.3, -0.25) is 4.98 Å². The molecule has 1 aromatic heterocycles. The van der Waals surface area contributed by atoms with Crippen LogP contribution in [-0.2, 0) is 0 Å². The number of pyridine rings is 1. The van der Waals surface area contributed by atoms with Gasteiger partial charge in [0.05, 0.1) is 6.61 Å². The first kappa shape index (κ1) is 6.61. The van der Waals surface area contributed by atoms with Crippen LogP contribution in [0, 0.1) is 0 Å². The Bertz CT molecular complexity index is 262. The lowest BCUT2D eigenvalue weighted by Crippen LogP contribution is -2.14. The van der Waals surface area contributed by atoms with Gasteiger partial charge < -0.3 is 9.84 Å². The molecule has 1 N–H and O–H groups in total. The fourth-order valence-electron chi connectivity index (χ4n) is 1.19. The van der Waals surface area contributed by atoms with Crippen LogP contribution in [-0.4, -0.2) is 16.7 Å². The summed E-state index contributed by atoms with van der Waals surface area (Å²) in [4.78, 5) is 4.03. The molecule has 1 atom stereocenters. The molecular formula is C8H9NO2. The van der Waals surface area contributed by atoms with Crippen molar-refractivity contribution in [1.82, 2.24) is 4.98 Å². The van der Waals surface area contributed by atoms with E-state index in [1.165, 1.54) is 0 Å². The Balaban J connectivity index is 2.44. The number of hydrogen-bond acceptors (Lipinski definition) is 3. The van der Waals surface area contributed by atoms with Crippen LogP contribution in [0.3, 0.4) is 0 Å². The third-order valence-corrected chi connectivity index (χ3v) is 1.76. The maximum Gasteiger partial charge on any atom is 0.143 e. The molecule has 0 fully saturated rings. The molecule has 0 saturated carbocycles. The average molecular weight is 151 g/mol. The van der Waals surface area contributed by atoms with Gasteiger partial charge in [-0.15, -0.1) is 0 Å². The normalized spacial score (nSPS) is 22.1. The van der Waals surface area contributed by atoms with Crippen LogP contribution in [0.25, 0.3) is 0 Å². The predicted molar refractivity (Wildman–Crippen MR) is 39.3 cm³/mol. The lowest BCUT2D eigenvalue weighted by molar-refractivity contribution is 0.110. The molecule has 0 spiro atoms. The van der Waals surface area contributed by atoms with Gasteiger partial charge in [0.2, 0.25) is 0 Å². The van der Waals surface area contributed by atoms with Crippen molar-refractivity contribution in [2.75, 3.05) is 6.61 Å². The molecule has 2 heterocycles. The van der Waals surface area contributed by atoms with E-state index >= 15 is 0 Å². The van der Waals surface area contributed by atoms with E-state index in [0.717, 1.165) is 0 Å². The van der Waals surface area contributed by atoms with Crippen molar-refractivity contribution < 1.29 is 9.84 Å². The fraction of sp³-hybridized carbons (Fsp3) is 0.375. The summed E-state index contributed by atoms with van der Waals surface area (Å²) in [7, 11) is 0. The lowest BCUT2D eigenvalue weighted by Gasteiger charge is -2.20. The summed E-state index contributed by atoms with van der Waals surface area (Å²) in [6.45, 7) is 0.583. The van der Waals surface area contributed by atoms with Crippen molar-refractivity contribution >= 4 is 0 Å². The molecule has 1 aliphatic heterocycles. The highest BCUT2D eigenvalue weighted by atomic mass is 16.5. The maximum atomic E-state index is 9.42. The second-order valence-electron chi connectivity index (χ2n) is 2.54. The number of hydrogen-bond donors (Lipinski definition) is 1. The van der Waals surface area contributed by atoms with Crippen LogP contribution in [0.15, 0.2) is 18.3 Å². The Kier molecular flexibility index (Phi) is 1.51. The van der Waals surface area contributed by atoms with E-state index in [0.29, 0.717) is 24.5 Å². The van der Waals surface area contributed by atoms with E-state index in [1.807, 2.05) is 6.07 Å². The number of aliphatic hydroxyl groups is 1. The minimum absolute atomic E-state index is 0.444. The summed E-state index contributed by atoms with van der Waals surface area (Å²) in [6.07, 6.45) is 1.86. The second kappa shape index (κ2) is 2.51. The molecule has 1 aliphatic rings. The van der Waals surface area contributed by atoms with Gasteiger partial charge >= 0.3 is 0 Å². The largest absolute Gasteiger partial charge is 0.491 e. The first-order chi connectivity index (χ1) is 5.38. The van der Waals surface area contributed by atoms with E-state index in [2.05, 4.69) is 4.98 Å². The van der Waals surface area contributed by atoms with Crippen molar-refractivity contribution in [3.05, 3.63) is 24.0 Å². The van der Waals surface area contributed by atoms with Gasteiger partial charge in [0.1, 0.15) is 17.5 Å². The van der Waals surface area contributed by atoms with Crippen LogP contribution in [0.2, 0.25) is 0 Å². The molecule has 0 bridgehead atoms. The SMILES string of the molecule is O[C@H]1CCOc2cccnc21. The molecule has 3 nitrogen and oxygen atoms in total. The molecule has 0 amide bonds. The first-order valence-corrected chi connectivity index (χ1v) is 3.64. The zero-order chi connectivity index (χ0) is 7.68. The van der Waals surface area contributed by atoms with E-state index in [9.17, 15) is 5.11 Å². The van der Waals surface area contributed by atoms with E-state index < -0.39 is 6.10 Å². The summed E-state index contributed by atoms with van der Waals surface area (Å²) < 4.78 is 5.27. The molecule has 0 saturated heterocycles. The van der Waals surface area contributed by atoms with Gasteiger partial charge in [0, 0.05) is 12.6 Å². The second-order valence-corrected chi connectivity index (χ2v) is 2.54. The summed E-state index contributed by atoms with van der Waals surface area (Å²) in [5.41, 5.74) is 0.666. The third-order valence-electron chi connectivity index (χ3n) is 1.76. The number of aromatic nitrogens is 1.